The van der Waals surface area contributed by atoms with Crippen molar-refractivity contribution >= 4 is 11.6 Å². The summed E-state index contributed by atoms with van der Waals surface area (Å²) in [6.45, 7) is 2.20. The third-order valence-corrected chi connectivity index (χ3v) is 2.23. The second kappa shape index (κ2) is 4.40. The Labute approximate surface area is 90.0 Å². The summed E-state index contributed by atoms with van der Waals surface area (Å²) in [5.74, 6) is 0. The Hall–Kier alpha value is -0.750. The van der Waals surface area contributed by atoms with Gasteiger partial charge in [-0.15, -0.1) is 0 Å². The van der Waals surface area contributed by atoms with Crippen LogP contribution < -0.4 is 5.73 Å². The van der Waals surface area contributed by atoms with Crippen molar-refractivity contribution in [1.82, 2.24) is 9.78 Å². The van der Waals surface area contributed by atoms with E-state index in [1.807, 2.05) is 0 Å². The fourth-order valence-corrected chi connectivity index (χ4v) is 1.62. The molecule has 0 radical (unpaired) electrons. The molecule has 3 nitrogen and oxygen atoms in total. The maximum Gasteiger partial charge on any atom is 0.390 e. The van der Waals surface area contributed by atoms with Crippen LogP contribution in [0, 0.1) is 0 Å². The molecule has 1 aromatic heterocycles. The third-order valence-electron chi connectivity index (χ3n) is 1.94. The van der Waals surface area contributed by atoms with Gasteiger partial charge >= 0.3 is 6.18 Å². The van der Waals surface area contributed by atoms with Crippen LogP contribution in [0.25, 0.3) is 0 Å². The van der Waals surface area contributed by atoms with Crippen molar-refractivity contribution in [3.05, 3.63) is 16.9 Å². The van der Waals surface area contributed by atoms with Gasteiger partial charge in [0.05, 0.1) is 29.4 Å². The highest BCUT2D eigenvalue weighted by atomic mass is 35.5. The van der Waals surface area contributed by atoms with Crippen molar-refractivity contribution in [2.24, 2.45) is 5.73 Å². The van der Waals surface area contributed by atoms with E-state index in [-0.39, 0.29) is 10.7 Å². The van der Waals surface area contributed by atoms with E-state index in [0.717, 1.165) is 0 Å². The van der Waals surface area contributed by atoms with Crippen LogP contribution in [-0.2, 0) is 6.54 Å². The Morgan fingerprint density at radius 1 is 1.60 bits per heavy atom. The first-order valence-corrected chi connectivity index (χ1v) is 4.76. The summed E-state index contributed by atoms with van der Waals surface area (Å²) in [6, 6.07) is -1.17. The SMILES string of the molecule is CCn1ncc(Cl)c1C(N)CC(F)(F)F. The summed E-state index contributed by atoms with van der Waals surface area (Å²) >= 11 is 5.72. The second-order valence-corrected chi connectivity index (χ2v) is 3.53. The number of halogens is 4. The molecule has 0 spiro atoms. The lowest BCUT2D eigenvalue weighted by Gasteiger charge is -2.15. The second-order valence-electron chi connectivity index (χ2n) is 3.12. The number of hydrogen-bond donors (Lipinski definition) is 1. The first kappa shape index (κ1) is 12.3. The van der Waals surface area contributed by atoms with E-state index in [1.165, 1.54) is 10.9 Å². The lowest BCUT2D eigenvalue weighted by atomic mass is 10.1. The van der Waals surface area contributed by atoms with Gasteiger partial charge in [0.15, 0.2) is 0 Å². The number of nitrogens with zero attached hydrogens (tertiary/aromatic N) is 2. The van der Waals surface area contributed by atoms with Gasteiger partial charge in [-0.05, 0) is 6.92 Å². The highest BCUT2D eigenvalue weighted by Crippen LogP contribution is 2.31. The fourth-order valence-electron chi connectivity index (χ4n) is 1.34. The van der Waals surface area contributed by atoms with Crippen molar-refractivity contribution in [3.8, 4) is 0 Å². The summed E-state index contributed by atoms with van der Waals surface area (Å²) in [5, 5.41) is 4.00. The molecule has 1 rings (SSSR count). The minimum absolute atomic E-state index is 0.175. The van der Waals surface area contributed by atoms with Crippen LogP contribution in [0.5, 0.6) is 0 Å². The standard InChI is InChI=1S/C8H11ClF3N3/c1-2-15-7(5(9)4-14-15)6(13)3-8(10,11)12/h4,6H,2-3,13H2,1H3. The van der Waals surface area contributed by atoms with E-state index in [0.29, 0.717) is 6.54 Å². The molecule has 86 valence electrons. The maximum absolute atomic E-state index is 12.1. The highest BCUT2D eigenvalue weighted by Gasteiger charge is 2.33. The molecule has 0 aliphatic rings. The average Bonchev–Trinajstić information content (AvgIpc) is 2.43. The molecule has 0 aromatic carbocycles. The van der Waals surface area contributed by atoms with Gasteiger partial charge in [0.25, 0.3) is 0 Å². The molecule has 0 aliphatic carbocycles. The minimum atomic E-state index is -4.30. The first-order valence-electron chi connectivity index (χ1n) is 4.38. The molecule has 15 heavy (non-hydrogen) atoms. The Bertz CT molecular complexity index is 334. The van der Waals surface area contributed by atoms with Crippen LogP contribution in [0.4, 0.5) is 13.2 Å². The summed E-state index contributed by atoms with van der Waals surface area (Å²) in [4.78, 5) is 0. The van der Waals surface area contributed by atoms with Crippen molar-refractivity contribution in [3.63, 3.8) is 0 Å². The zero-order chi connectivity index (χ0) is 11.6. The van der Waals surface area contributed by atoms with Crippen molar-refractivity contribution < 1.29 is 13.2 Å². The molecule has 0 saturated carbocycles. The van der Waals surface area contributed by atoms with Gasteiger partial charge < -0.3 is 5.73 Å². The van der Waals surface area contributed by atoms with Crippen LogP contribution in [0.1, 0.15) is 25.1 Å². The molecule has 1 aromatic rings. The molecule has 0 amide bonds. The van der Waals surface area contributed by atoms with Crippen molar-refractivity contribution in [1.29, 1.82) is 0 Å². The molecule has 1 atom stereocenters. The van der Waals surface area contributed by atoms with Crippen LogP contribution in [0.15, 0.2) is 6.20 Å². The number of aryl methyl sites for hydroxylation is 1. The Morgan fingerprint density at radius 3 is 2.67 bits per heavy atom. The quantitative estimate of drug-likeness (QED) is 0.884. The molecular weight excluding hydrogens is 231 g/mol. The smallest absolute Gasteiger partial charge is 0.322 e. The molecule has 1 heterocycles. The fraction of sp³-hybridized carbons (Fsp3) is 0.625. The Kier molecular flexibility index (Phi) is 3.62. The highest BCUT2D eigenvalue weighted by molar-refractivity contribution is 6.31. The Morgan fingerprint density at radius 2 is 2.20 bits per heavy atom. The van der Waals surface area contributed by atoms with Gasteiger partial charge in [-0.1, -0.05) is 11.6 Å². The maximum atomic E-state index is 12.1. The normalized spacial score (nSPS) is 14.3. The zero-order valence-electron chi connectivity index (χ0n) is 8.05. The van der Waals surface area contributed by atoms with E-state index in [2.05, 4.69) is 5.10 Å². The van der Waals surface area contributed by atoms with E-state index < -0.39 is 18.6 Å². The molecular formula is C8H11ClF3N3. The molecule has 1 unspecified atom stereocenters. The van der Waals surface area contributed by atoms with E-state index in [4.69, 9.17) is 17.3 Å². The largest absolute Gasteiger partial charge is 0.390 e. The summed E-state index contributed by atoms with van der Waals surface area (Å²) < 4.78 is 37.7. The van der Waals surface area contributed by atoms with Gasteiger partial charge in [0.1, 0.15) is 0 Å². The number of aromatic nitrogens is 2. The predicted molar refractivity (Wildman–Crippen MR) is 50.5 cm³/mol. The molecule has 0 fully saturated rings. The van der Waals surface area contributed by atoms with E-state index in [1.54, 1.807) is 6.92 Å². The molecule has 0 bridgehead atoms. The first-order chi connectivity index (χ1) is 6.85. The van der Waals surface area contributed by atoms with Crippen LogP contribution in [0.2, 0.25) is 5.02 Å². The third kappa shape index (κ3) is 3.10. The van der Waals surface area contributed by atoms with Gasteiger partial charge in [0.2, 0.25) is 0 Å². The van der Waals surface area contributed by atoms with Gasteiger partial charge in [0, 0.05) is 6.54 Å². The van der Waals surface area contributed by atoms with Crippen LogP contribution >= 0.6 is 11.6 Å². The predicted octanol–water partition coefficient (Wildman–Crippen LogP) is 2.51. The molecule has 0 aliphatic heterocycles. The van der Waals surface area contributed by atoms with Gasteiger partial charge in [-0.2, -0.15) is 18.3 Å². The monoisotopic (exact) mass is 241 g/mol. The van der Waals surface area contributed by atoms with Crippen molar-refractivity contribution in [2.45, 2.75) is 32.1 Å². The Balaban J connectivity index is 2.90. The molecule has 7 heteroatoms. The summed E-state index contributed by atoms with van der Waals surface area (Å²) in [7, 11) is 0. The lowest BCUT2D eigenvalue weighted by molar-refractivity contribution is -0.138. The number of alkyl halides is 3. The molecule has 2 N–H and O–H groups in total. The van der Waals surface area contributed by atoms with E-state index >= 15 is 0 Å². The number of rotatable bonds is 3. The lowest BCUT2D eigenvalue weighted by Crippen LogP contribution is -2.23. The number of hydrogen-bond acceptors (Lipinski definition) is 2. The summed E-state index contributed by atoms with van der Waals surface area (Å²) in [5.41, 5.74) is 5.67. The topological polar surface area (TPSA) is 43.8 Å². The molecule has 0 saturated heterocycles. The van der Waals surface area contributed by atoms with Crippen molar-refractivity contribution in [2.75, 3.05) is 0 Å². The van der Waals surface area contributed by atoms with Crippen LogP contribution in [0.3, 0.4) is 0 Å². The van der Waals surface area contributed by atoms with Crippen LogP contribution in [-0.4, -0.2) is 16.0 Å². The zero-order valence-corrected chi connectivity index (χ0v) is 8.81. The number of nitrogens with two attached hydrogens (primary N) is 1. The average molecular weight is 242 g/mol. The summed E-state index contributed by atoms with van der Waals surface area (Å²) in [6.07, 6.45) is -4.10. The van der Waals surface area contributed by atoms with E-state index in [9.17, 15) is 13.2 Å². The van der Waals surface area contributed by atoms with Gasteiger partial charge in [-0.25, -0.2) is 0 Å². The van der Waals surface area contributed by atoms with Gasteiger partial charge in [-0.3, -0.25) is 4.68 Å². The minimum Gasteiger partial charge on any atom is -0.322 e.